The average molecular weight is 348 g/mol. The second-order valence-electron chi connectivity index (χ2n) is 5.24. The van der Waals surface area contributed by atoms with Gasteiger partial charge in [0, 0.05) is 5.56 Å². The lowest BCUT2D eigenvalue weighted by molar-refractivity contribution is -0.884. The Kier molecular flexibility index (Phi) is 5.41. The van der Waals surface area contributed by atoms with Crippen molar-refractivity contribution in [3.05, 3.63) is 28.8 Å². The van der Waals surface area contributed by atoms with Crippen molar-refractivity contribution in [3.8, 4) is 0 Å². The van der Waals surface area contributed by atoms with Gasteiger partial charge in [-0.3, -0.25) is 10.2 Å². The molecular weight excluding hydrogens is 328 g/mol. The van der Waals surface area contributed by atoms with Gasteiger partial charge >= 0.3 is 0 Å². The molecule has 0 aliphatic carbocycles. The molecule has 0 unspecified atom stereocenters. The molecule has 1 fully saturated rings. The molecule has 122 valence electrons. The lowest BCUT2D eigenvalue weighted by Gasteiger charge is -2.30. The Morgan fingerprint density at radius 1 is 1.32 bits per heavy atom. The van der Waals surface area contributed by atoms with Gasteiger partial charge in [0.15, 0.2) is 0 Å². The molecule has 2 rings (SSSR count). The molecule has 0 atom stereocenters. The van der Waals surface area contributed by atoms with E-state index in [1.54, 1.807) is 0 Å². The van der Waals surface area contributed by atoms with Crippen molar-refractivity contribution in [2.75, 3.05) is 40.3 Å². The second-order valence-corrected chi connectivity index (χ2v) is 7.50. The van der Waals surface area contributed by atoms with Crippen LogP contribution in [0.5, 0.6) is 0 Å². The molecule has 0 radical (unpaired) electrons. The second kappa shape index (κ2) is 6.93. The lowest BCUT2D eigenvalue weighted by atomic mass is 10.2. The first-order valence-corrected chi connectivity index (χ1v) is 8.80. The molecule has 3 N–H and O–H groups in total. The Bertz CT molecular complexity index is 657. The van der Waals surface area contributed by atoms with E-state index in [9.17, 15) is 13.2 Å². The third-order valence-electron chi connectivity index (χ3n) is 3.63. The highest BCUT2D eigenvalue weighted by Gasteiger charge is 2.21. The molecule has 0 saturated carbocycles. The maximum Gasteiger partial charge on any atom is 0.265 e. The fourth-order valence-electron chi connectivity index (χ4n) is 2.17. The molecule has 0 aromatic heterocycles. The number of sulfonamides is 1. The van der Waals surface area contributed by atoms with Crippen LogP contribution < -0.4 is 15.0 Å². The highest BCUT2D eigenvalue weighted by Crippen LogP contribution is 2.22. The molecule has 9 heteroatoms. The van der Waals surface area contributed by atoms with E-state index in [0.717, 1.165) is 26.2 Å². The van der Waals surface area contributed by atoms with Crippen molar-refractivity contribution < 1.29 is 18.1 Å². The fourth-order valence-corrected chi connectivity index (χ4v) is 3.42. The summed E-state index contributed by atoms with van der Waals surface area (Å²) in [6.07, 6.45) is 0. The Labute approximate surface area is 135 Å². The van der Waals surface area contributed by atoms with Gasteiger partial charge < -0.3 is 4.90 Å². The highest BCUT2D eigenvalue weighted by atomic mass is 35.5. The van der Waals surface area contributed by atoms with E-state index in [2.05, 4.69) is 17.2 Å². The largest absolute Gasteiger partial charge is 0.335 e. The number of nitrogens with one attached hydrogen (secondary N) is 3. The van der Waals surface area contributed by atoms with Crippen molar-refractivity contribution in [2.45, 2.75) is 4.90 Å². The minimum atomic E-state index is -3.70. The predicted octanol–water partition coefficient (Wildman–Crippen LogP) is -1.28. The number of benzene rings is 1. The number of carbonyl (C=O) groups is 1. The van der Waals surface area contributed by atoms with Crippen LogP contribution in [-0.2, 0) is 10.0 Å². The lowest BCUT2D eigenvalue weighted by Crippen LogP contribution is -3.12. The van der Waals surface area contributed by atoms with Crippen LogP contribution in [0.3, 0.4) is 0 Å². The van der Waals surface area contributed by atoms with E-state index >= 15 is 0 Å². The van der Waals surface area contributed by atoms with Crippen LogP contribution in [0.4, 0.5) is 0 Å². The summed E-state index contributed by atoms with van der Waals surface area (Å²) in [4.78, 5) is 13.6. The summed E-state index contributed by atoms with van der Waals surface area (Å²) in [7, 11) is -0.303. The van der Waals surface area contributed by atoms with Gasteiger partial charge in [-0.25, -0.2) is 18.1 Å². The van der Waals surface area contributed by atoms with E-state index in [-0.39, 0.29) is 21.4 Å². The Morgan fingerprint density at radius 3 is 2.55 bits per heavy atom. The number of hydrazine groups is 1. The molecule has 0 spiro atoms. The van der Waals surface area contributed by atoms with Crippen molar-refractivity contribution in [2.24, 2.45) is 0 Å². The smallest absolute Gasteiger partial charge is 0.265 e. The number of halogens is 1. The Morgan fingerprint density at radius 2 is 1.95 bits per heavy atom. The van der Waals surface area contributed by atoms with Crippen LogP contribution in [0.25, 0.3) is 0 Å². The molecule has 7 nitrogen and oxygen atoms in total. The zero-order chi connectivity index (χ0) is 16.3. The number of likely N-dealkylation sites (N-methyl/N-ethyl adjacent to an activating group) is 1. The summed E-state index contributed by atoms with van der Waals surface area (Å²) < 4.78 is 26.0. The van der Waals surface area contributed by atoms with Crippen LogP contribution in [0.2, 0.25) is 5.02 Å². The molecule has 22 heavy (non-hydrogen) atoms. The van der Waals surface area contributed by atoms with Gasteiger partial charge in [0.2, 0.25) is 10.0 Å². The van der Waals surface area contributed by atoms with E-state index in [0.29, 0.717) is 0 Å². The van der Waals surface area contributed by atoms with E-state index < -0.39 is 10.0 Å². The highest BCUT2D eigenvalue weighted by molar-refractivity contribution is 7.89. The maximum absolute atomic E-state index is 12.3. The molecular formula is C13H20ClN4O3S+. The van der Waals surface area contributed by atoms with Crippen molar-refractivity contribution in [1.82, 2.24) is 15.2 Å². The van der Waals surface area contributed by atoms with Gasteiger partial charge in [-0.1, -0.05) is 11.6 Å². The number of carbonyl (C=O) groups excluding carboxylic acids is 1. The summed E-state index contributed by atoms with van der Waals surface area (Å²) in [6.45, 7) is 3.40. The van der Waals surface area contributed by atoms with Gasteiger partial charge in [-0.2, -0.15) is 0 Å². The number of amides is 1. The van der Waals surface area contributed by atoms with E-state index in [4.69, 9.17) is 11.6 Å². The predicted molar refractivity (Wildman–Crippen MR) is 83.4 cm³/mol. The number of rotatable bonds is 4. The summed E-state index contributed by atoms with van der Waals surface area (Å²) >= 11 is 5.91. The fraction of sp³-hybridized carbons (Fsp3) is 0.462. The zero-order valence-corrected chi connectivity index (χ0v) is 14.1. The van der Waals surface area contributed by atoms with Crippen LogP contribution >= 0.6 is 11.6 Å². The van der Waals surface area contributed by atoms with Gasteiger partial charge in [0.25, 0.3) is 5.91 Å². The molecule has 1 aliphatic rings. The minimum Gasteiger partial charge on any atom is -0.335 e. The molecule has 0 bridgehead atoms. The van der Waals surface area contributed by atoms with Gasteiger partial charge in [0.1, 0.15) is 4.90 Å². The van der Waals surface area contributed by atoms with E-state index in [1.165, 1.54) is 30.1 Å². The zero-order valence-electron chi connectivity index (χ0n) is 12.5. The average Bonchev–Trinajstić information content (AvgIpc) is 2.49. The first kappa shape index (κ1) is 17.2. The maximum atomic E-state index is 12.3. The SMILES string of the molecule is CNS(=O)(=O)c1cc(C(=O)NN2CC[NH+](C)CC2)ccc1Cl. The first-order chi connectivity index (χ1) is 10.3. The molecule has 1 aromatic carbocycles. The van der Waals surface area contributed by atoms with Gasteiger partial charge in [-0.15, -0.1) is 0 Å². The molecule has 1 saturated heterocycles. The van der Waals surface area contributed by atoms with E-state index in [1.807, 2.05) is 5.01 Å². The Balaban J connectivity index is 2.15. The molecule has 1 aliphatic heterocycles. The quantitative estimate of drug-likeness (QED) is 0.634. The first-order valence-electron chi connectivity index (χ1n) is 6.94. The Hall–Kier alpha value is -1.19. The number of hydrogen-bond acceptors (Lipinski definition) is 4. The standard InChI is InChI=1S/C13H19ClN4O3S/c1-15-22(20,21)12-9-10(3-4-11(12)14)13(19)16-18-7-5-17(2)6-8-18/h3-4,9,15H,5-8H2,1-2H3,(H,16,19)/p+1. The summed E-state index contributed by atoms with van der Waals surface area (Å²) in [5.41, 5.74) is 3.05. The van der Waals surface area contributed by atoms with Gasteiger partial charge in [0.05, 0.1) is 38.2 Å². The number of hydrogen-bond donors (Lipinski definition) is 3. The van der Waals surface area contributed by atoms with Crippen LogP contribution in [0.1, 0.15) is 10.4 Å². The van der Waals surface area contributed by atoms with Crippen LogP contribution in [-0.4, -0.2) is 59.6 Å². The summed E-state index contributed by atoms with van der Waals surface area (Å²) in [5, 5.41) is 1.92. The molecule has 1 aromatic rings. The van der Waals surface area contributed by atoms with Crippen molar-refractivity contribution in [3.63, 3.8) is 0 Å². The summed E-state index contributed by atoms with van der Waals surface area (Å²) in [5.74, 6) is -0.344. The topological polar surface area (TPSA) is 82.9 Å². The van der Waals surface area contributed by atoms with Gasteiger partial charge in [-0.05, 0) is 25.2 Å². The number of piperazine rings is 1. The van der Waals surface area contributed by atoms with Crippen molar-refractivity contribution >= 4 is 27.5 Å². The third kappa shape index (κ3) is 3.96. The number of nitrogens with zero attached hydrogens (tertiary/aromatic N) is 1. The molecule has 1 heterocycles. The number of quaternary nitrogens is 1. The summed E-state index contributed by atoms with van der Waals surface area (Å²) in [6, 6.07) is 4.20. The molecule has 1 amide bonds. The third-order valence-corrected chi connectivity index (χ3v) is 5.52. The minimum absolute atomic E-state index is 0.0779. The van der Waals surface area contributed by atoms with Crippen LogP contribution in [0.15, 0.2) is 23.1 Å². The monoisotopic (exact) mass is 347 g/mol. The van der Waals surface area contributed by atoms with Crippen LogP contribution in [0, 0.1) is 0 Å². The normalized spacial score (nSPS) is 17.4. The van der Waals surface area contributed by atoms with Crippen molar-refractivity contribution in [1.29, 1.82) is 0 Å².